The van der Waals surface area contributed by atoms with Gasteiger partial charge in [0.2, 0.25) is 5.91 Å². The standard InChI is InChI=1S/C22H28N2O4/c1-15(2)11-12-28-19-10-9-18(14-20(19)27-4)22(26)24-23-21(25)13-17-7-5-16(3)6-8-17/h5-10,14-15H,11-13H2,1-4H3,(H,23,25)(H,24,26). The van der Waals surface area contributed by atoms with Crippen LogP contribution in [-0.4, -0.2) is 25.5 Å². The third-order valence-corrected chi connectivity index (χ3v) is 4.18. The Morgan fingerprint density at radius 3 is 2.36 bits per heavy atom. The van der Waals surface area contributed by atoms with Crippen molar-refractivity contribution in [3.63, 3.8) is 0 Å². The second kappa shape index (κ2) is 10.3. The van der Waals surface area contributed by atoms with E-state index in [9.17, 15) is 9.59 Å². The van der Waals surface area contributed by atoms with Gasteiger partial charge in [-0.25, -0.2) is 0 Å². The summed E-state index contributed by atoms with van der Waals surface area (Å²) < 4.78 is 11.0. The molecule has 0 atom stereocenters. The van der Waals surface area contributed by atoms with E-state index in [1.54, 1.807) is 18.2 Å². The van der Waals surface area contributed by atoms with Gasteiger partial charge in [0.1, 0.15) is 0 Å². The van der Waals surface area contributed by atoms with Crippen LogP contribution in [0.1, 0.15) is 41.8 Å². The van der Waals surface area contributed by atoms with Crippen molar-refractivity contribution in [2.75, 3.05) is 13.7 Å². The van der Waals surface area contributed by atoms with E-state index in [4.69, 9.17) is 9.47 Å². The van der Waals surface area contributed by atoms with Gasteiger partial charge in [-0.2, -0.15) is 0 Å². The normalized spacial score (nSPS) is 10.5. The molecule has 0 aliphatic rings. The number of nitrogens with one attached hydrogen (secondary N) is 2. The lowest BCUT2D eigenvalue weighted by Crippen LogP contribution is -2.42. The average molecular weight is 384 g/mol. The Labute approximate surface area is 166 Å². The number of ether oxygens (including phenoxy) is 2. The van der Waals surface area contributed by atoms with E-state index < -0.39 is 5.91 Å². The second-order valence-electron chi connectivity index (χ2n) is 7.06. The smallest absolute Gasteiger partial charge is 0.269 e. The predicted octanol–water partition coefficient (Wildman–Crippen LogP) is 3.43. The van der Waals surface area contributed by atoms with Crippen LogP contribution >= 0.6 is 0 Å². The van der Waals surface area contributed by atoms with Crippen LogP contribution in [0.3, 0.4) is 0 Å². The fourth-order valence-corrected chi connectivity index (χ4v) is 2.47. The highest BCUT2D eigenvalue weighted by Gasteiger charge is 2.12. The van der Waals surface area contributed by atoms with E-state index >= 15 is 0 Å². The fraction of sp³-hybridized carbons (Fsp3) is 0.364. The molecule has 150 valence electrons. The molecule has 0 aromatic heterocycles. The van der Waals surface area contributed by atoms with Gasteiger partial charge in [-0.05, 0) is 43.0 Å². The van der Waals surface area contributed by atoms with E-state index in [0.717, 1.165) is 17.5 Å². The number of methoxy groups -OCH3 is 1. The molecule has 6 nitrogen and oxygen atoms in total. The van der Waals surface area contributed by atoms with Gasteiger partial charge in [-0.3, -0.25) is 20.4 Å². The Morgan fingerprint density at radius 2 is 1.71 bits per heavy atom. The zero-order valence-corrected chi connectivity index (χ0v) is 16.9. The molecule has 28 heavy (non-hydrogen) atoms. The number of hydrogen-bond acceptors (Lipinski definition) is 4. The van der Waals surface area contributed by atoms with Crippen molar-refractivity contribution in [3.05, 3.63) is 59.2 Å². The Hall–Kier alpha value is -3.02. The zero-order chi connectivity index (χ0) is 20.5. The topological polar surface area (TPSA) is 76.7 Å². The monoisotopic (exact) mass is 384 g/mol. The van der Waals surface area contributed by atoms with Gasteiger partial charge in [0.05, 0.1) is 20.1 Å². The molecule has 0 spiro atoms. The number of carbonyl (C=O) groups is 2. The van der Waals surface area contributed by atoms with Crippen molar-refractivity contribution in [2.45, 2.75) is 33.6 Å². The molecule has 0 saturated carbocycles. The molecule has 2 N–H and O–H groups in total. The average Bonchev–Trinajstić information content (AvgIpc) is 2.67. The maximum Gasteiger partial charge on any atom is 0.269 e. The van der Waals surface area contributed by atoms with Crippen LogP contribution in [0.5, 0.6) is 11.5 Å². The number of hydrogen-bond donors (Lipinski definition) is 2. The van der Waals surface area contributed by atoms with Crippen molar-refractivity contribution in [3.8, 4) is 11.5 Å². The summed E-state index contributed by atoms with van der Waals surface area (Å²) in [5.74, 6) is 0.882. The summed E-state index contributed by atoms with van der Waals surface area (Å²) in [7, 11) is 1.52. The van der Waals surface area contributed by atoms with Crippen molar-refractivity contribution < 1.29 is 19.1 Å². The van der Waals surface area contributed by atoms with Gasteiger partial charge < -0.3 is 9.47 Å². The Morgan fingerprint density at radius 1 is 1.00 bits per heavy atom. The summed E-state index contributed by atoms with van der Waals surface area (Å²) in [5, 5.41) is 0. The minimum Gasteiger partial charge on any atom is -0.493 e. The lowest BCUT2D eigenvalue weighted by molar-refractivity contribution is -0.121. The van der Waals surface area contributed by atoms with Gasteiger partial charge in [-0.1, -0.05) is 43.7 Å². The van der Waals surface area contributed by atoms with Crippen molar-refractivity contribution >= 4 is 11.8 Å². The molecule has 0 unspecified atom stereocenters. The van der Waals surface area contributed by atoms with Gasteiger partial charge in [-0.15, -0.1) is 0 Å². The molecule has 0 saturated heterocycles. The lowest BCUT2D eigenvalue weighted by Gasteiger charge is -2.13. The van der Waals surface area contributed by atoms with Crippen molar-refractivity contribution in [1.29, 1.82) is 0 Å². The first kappa shape index (κ1) is 21.3. The summed E-state index contributed by atoms with van der Waals surface area (Å²) in [6, 6.07) is 12.6. The highest BCUT2D eigenvalue weighted by atomic mass is 16.5. The number of carbonyl (C=O) groups excluding carboxylic acids is 2. The molecule has 2 aromatic carbocycles. The number of aryl methyl sites for hydroxylation is 1. The fourth-order valence-electron chi connectivity index (χ4n) is 2.47. The predicted molar refractivity (Wildman–Crippen MR) is 108 cm³/mol. The molecular weight excluding hydrogens is 356 g/mol. The molecule has 6 heteroatoms. The van der Waals surface area contributed by atoms with Crippen LogP contribution in [0.4, 0.5) is 0 Å². The third kappa shape index (κ3) is 6.61. The molecule has 0 fully saturated rings. The summed E-state index contributed by atoms with van der Waals surface area (Å²) in [6.07, 6.45) is 1.12. The first-order chi connectivity index (χ1) is 13.4. The summed E-state index contributed by atoms with van der Waals surface area (Å²) >= 11 is 0. The maximum absolute atomic E-state index is 12.3. The summed E-state index contributed by atoms with van der Waals surface area (Å²) in [4.78, 5) is 24.3. The van der Waals surface area contributed by atoms with Crippen molar-refractivity contribution in [1.82, 2.24) is 10.9 Å². The maximum atomic E-state index is 12.3. The van der Waals surface area contributed by atoms with Crippen LogP contribution in [0.25, 0.3) is 0 Å². The molecule has 0 heterocycles. The van der Waals surface area contributed by atoms with Crippen LogP contribution in [-0.2, 0) is 11.2 Å². The van der Waals surface area contributed by atoms with Gasteiger partial charge >= 0.3 is 0 Å². The molecular formula is C22H28N2O4. The largest absolute Gasteiger partial charge is 0.493 e. The van der Waals surface area contributed by atoms with Crippen LogP contribution in [0.15, 0.2) is 42.5 Å². The number of rotatable bonds is 8. The second-order valence-corrected chi connectivity index (χ2v) is 7.06. The SMILES string of the molecule is COc1cc(C(=O)NNC(=O)Cc2ccc(C)cc2)ccc1OCCC(C)C. The minimum absolute atomic E-state index is 0.187. The molecule has 2 aromatic rings. The van der Waals surface area contributed by atoms with E-state index in [-0.39, 0.29) is 12.3 Å². The molecule has 0 bridgehead atoms. The summed E-state index contributed by atoms with van der Waals surface area (Å²) in [6.45, 7) is 6.82. The van der Waals surface area contributed by atoms with Gasteiger partial charge in [0, 0.05) is 5.56 Å². The third-order valence-electron chi connectivity index (χ3n) is 4.18. The number of hydrazine groups is 1. The number of amides is 2. The van der Waals surface area contributed by atoms with Gasteiger partial charge in [0.15, 0.2) is 11.5 Å². The van der Waals surface area contributed by atoms with E-state index in [0.29, 0.717) is 29.6 Å². The van der Waals surface area contributed by atoms with E-state index in [2.05, 4.69) is 24.7 Å². The first-order valence-corrected chi connectivity index (χ1v) is 9.34. The quantitative estimate of drug-likeness (QED) is 0.684. The molecule has 0 aliphatic carbocycles. The lowest BCUT2D eigenvalue weighted by atomic mass is 10.1. The zero-order valence-electron chi connectivity index (χ0n) is 16.9. The Kier molecular flexibility index (Phi) is 7.87. The highest BCUT2D eigenvalue weighted by molar-refractivity contribution is 5.96. The van der Waals surface area contributed by atoms with Gasteiger partial charge in [0.25, 0.3) is 5.91 Å². The van der Waals surface area contributed by atoms with E-state index in [1.807, 2.05) is 31.2 Å². The first-order valence-electron chi connectivity index (χ1n) is 9.34. The van der Waals surface area contributed by atoms with E-state index in [1.165, 1.54) is 7.11 Å². The molecule has 0 aliphatic heterocycles. The molecule has 0 radical (unpaired) electrons. The van der Waals surface area contributed by atoms with Crippen LogP contribution < -0.4 is 20.3 Å². The molecule has 2 amide bonds. The van der Waals surface area contributed by atoms with Crippen LogP contribution in [0.2, 0.25) is 0 Å². The minimum atomic E-state index is -0.427. The van der Waals surface area contributed by atoms with Crippen LogP contribution in [0, 0.1) is 12.8 Å². The number of benzene rings is 2. The Balaban J connectivity index is 1.90. The Bertz CT molecular complexity index is 801. The molecule has 2 rings (SSSR count). The summed E-state index contributed by atoms with van der Waals surface area (Å²) in [5.41, 5.74) is 7.23. The highest BCUT2D eigenvalue weighted by Crippen LogP contribution is 2.28. The van der Waals surface area contributed by atoms with Crippen molar-refractivity contribution in [2.24, 2.45) is 5.92 Å².